The van der Waals surface area contributed by atoms with Gasteiger partial charge >= 0.3 is 0 Å². The number of nitrogens with one attached hydrogen (secondary N) is 1. The van der Waals surface area contributed by atoms with Gasteiger partial charge in [0.15, 0.2) is 0 Å². The van der Waals surface area contributed by atoms with Crippen molar-refractivity contribution >= 4 is 17.5 Å². The first-order valence-corrected chi connectivity index (χ1v) is 5.13. The summed E-state index contributed by atoms with van der Waals surface area (Å²) in [6.07, 6.45) is 3.95. The molecule has 1 aliphatic rings. The lowest BCUT2D eigenvalue weighted by molar-refractivity contribution is 0.0962. The second kappa shape index (κ2) is 4.06. The molecule has 1 aromatic rings. The summed E-state index contributed by atoms with van der Waals surface area (Å²) in [6.45, 7) is 0. The number of hydrogen-bond acceptors (Lipinski definition) is 3. The molecule has 1 fully saturated rings. The molecule has 0 aromatic carbocycles. The van der Waals surface area contributed by atoms with Crippen molar-refractivity contribution in [1.82, 2.24) is 10.3 Å². The van der Waals surface area contributed by atoms with E-state index in [1.54, 1.807) is 13.1 Å². The molecule has 1 amide bonds. The highest BCUT2D eigenvalue weighted by Gasteiger charge is 2.24. The Labute approximate surface area is 92.6 Å². The van der Waals surface area contributed by atoms with E-state index in [2.05, 4.69) is 10.3 Å². The van der Waals surface area contributed by atoms with E-state index in [1.165, 1.54) is 6.20 Å². The van der Waals surface area contributed by atoms with Gasteiger partial charge in [0.05, 0.1) is 17.9 Å². The number of rotatable bonds is 3. The molecule has 0 aliphatic heterocycles. The summed E-state index contributed by atoms with van der Waals surface area (Å²) in [6, 6.07) is 1.62. The molecule has 0 bridgehead atoms. The molecule has 80 valence electrons. The van der Waals surface area contributed by atoms with Crippen molar-refractivity contribution in [2.75, 3.05) is 7.05 Å². The Morgan fingerprint density at radius 3 is 3.00 bits per heavy atom. The van der Waals surface area contributed by atoms with E-state index >= 15 is 0 Å². The van der Waals surface area contributed by atoms with Crippen LogP contribution >= 0.6 is 11.6 Å². The Morgan fingerprint density at radius 2 is 2.40 bits per heavy atom. The minimum Gasteiger partial charge on any atom is -0.489 e. The Balaban J connectivity index is 2.22. The molecule has 1 aromatic heterocycles. The highest BCUT2D eigenvalue weighted by atomic mass is 35.5. The molecule has 0 saturated heterocycles. The molecule has 1 saturated carbocycles. The molecule has 0 atom stereocenters. The van der Waals surface area contributed by atoms with Crippen LogP contribution in [-0.2, 0) is 0 Å². The first-order valence-electron chi connectivity index (χ1n) is 4.75. The van der Waals surface area contributed by atoms with E-state index in [9.17, 15) is 4.79 Å². The van der Waals surface area contributed by atoms with Crippen LogP contribution in [0.2, 0.25) is 5.15 Å². The van der Waals surface area contributed by atoms with Crippen LogP contribution in [-0.4, -0.2) is 24.0 Å². The van der Waals surface area contributed by atoms with Gasteiger partial charge in [-0.1, -0.05) is 11.6 Å². The number of pyridine rings is 1. The average molecular weight is 227 g/mol. The molecule has 0 radical (unpaired) electrons. The maximum Gasteiger partial charge on any atom is 0.254 e. The van der Waals surface area contributed by atoms with E-state index in [0.29, 0.717) is 11.3 Å². The predicted molar refractivity (Wildman–Crippen MR) is 56.3 cm³/mol. The van der Waals surface area contributed by atoms with Gasteiger partial charge in [0, 0.05) is 7.05 Å². The highest BCUT2D eigenvalue weighted by molar-refractivity contribution is 6.32. The van der Waals surface area contributed by atoms with Crippen LogP contribution < -0.4 is 10.1 Å². The molecule has 4 nitrogen and oxygen atoms in total. The van der Waals surface area contributed by atoms with Crippen LogP contribution in [0.3, 0.4) is 0 Å². The first kappa shape index (κ1) is 10.2. The van der Waals surface area contributed by atoms with E-state index in [1.807, 2.05) is 0 Å². The van der Waals surface area contributed by atoms with Crippen LogP contribution in [0, 0.1) is 0 Å². The van der Waals surface area contributed by atoms with E-state index in [4.69, 9.17) is 16.3 Å². The lowest BCUT2D eigenvalue weighted by Gasteiger charge is -2.06. The van der Waals surface area contributed by atoms with Crippen LogP contribution in [0.4, 0.5) is 0 Å². The Morgan fingerprint density at radius 1 is 1.67 bits per heavy atom. The van der Waals surface area contributed by atoms with Gasteiger partial charge in [0.1, 0.15) is 10.9 Å². The number of carbonyl (C=O) groups is 1. The van der Waals surface area contributed by atoms with Gasteiger partial charge < -0.3 is 10.1 Å². The lowest BCUT2D eigenvalue weighted by atomic mass is 10.2. The summed E-state index contributed by atoms with van der Waals surface area (Å²) in [5.41, 5.74) is 0.345. The zero-order valence-corrected chi connectivity index (χ0v) is 9.04. The first-order chi connectivity index (χ1) is 7.20. The van der Waals surface area contributed by atoms with Gasteiger partial charge in [0.2, 0.25) is 0 Å². The third-order valence-corrected chi connectivity index (χ3v) is 2.41. The Hall–Kier alpha value is -1.29. The predicted octanol–water partition coefficient (Wildman–Crippen LogP) is 1.64. The summed E-state index contributed by atoms with van der Waals surface area (Å²) >= 11 is 5.79. The summed E-state index contributed by atoms with van der Waals surface area (Å²) < 4.78 is 5.51. The third kappa shape index (κ3) is 2.39. The van der Waals surface area contributed by atoms with Crippen LogP contribution in [0.5, 0.6) is 5.75 Å². The number of amides is 1. The number of carbonyl (C=O) groups excluding carboxylic acids is 1. The largest absolute Gasteiger partial charge is 0.489 e. The summed E-state index contributed by atoms with van der Waals surface area (Å²) in [5, 5.41) is 2.69. The minimum atomic E-state index is -0.256. The molecule has 0 spiro atoms. The van der Waals surface area contributed by atoms with E-state index in [-0.39, 0.29) is 17.2 Å². The summed E-state index contributed by atoms with van der Waals surface area (Å²) in [7, 11) is 1.55. The van der Waals surface area contributed by atoms with E-state index in [0.717, 1.165) is 12.8 Å². The van der Waals surface area contributed by atoms with Gasteiger partial charge in [-0.3, -0.25) is 4.79 Å². The number of hydrogen-bond donors (Lipinski definition) is 1. The number of aromatic nitrogens is 1. The van der Waals surface area contributed by atoms with Crippen molar-refractivity contribution in [3.05, 3.63) is 23.0 Å². The van der Waals surface area contributed by atoms with Crippen molar-refractivity contribution in [1.29, 1.82) is 0 Å². The topological polar surface area (TPSA) is 51.2 Å². The quantitative estimate of drug-likeness (QED) is 0.798. The fourth-order valence-electron chi connectivity index (χ4n) is 1.17. The van der Waals surface area contributed by atoms with Crippen LogP contribution in [0.25, 0.3) is 0 Å². The third-order valence-electron chi connectivity index (χ3n) is 2.11. The zero-order valence-electron chi connectivity index (χ0n) is 8.29. The van der Waals surface area contributed by atoms with Gasteiger partial charge in [-0.05, 0) is 18.9 Å². The zero-order chi connectivity index (χ0) is 10.8. The molecule has 15 heavy (non-hydrogen) atoms. The molecule has 0 unspecified atom stereocenters. The van der Waals surface area contributed by atoms with Gasteiger partial charge in [0.25, 0.3) is 5.91 Å². The van der Waals surface area contributed by atoms with Gasteiger partial charge in [-0.15, -0.1) is 0 Å². The van der Waals surface area contributed by atoms with Crippen LogP contribution in [0.1, 0.15) is 23.2 Å². The average Bonchev–Trinajstić information content (AvgIpc) is 3.04. The molecular weight excluding hydrogens is 216 g/mol. The van der Waals surface area contributed by atoms with Gasteiger partial charge in [-0.2, -0.15) is 0 Å². The van der Waals surface area contributed by atoms with E-state index < -0.39 is 0 Å². The standard InChI is InChI=1S/C10H11ClN2O2/c1-12-10(14)8-4-7(5-13-9(8)11)15-6-2-3-6/h4-6H,2-3H2,1H3,(H,12,14). The lowest BCUT2D eigenvalue weighted by Crippen LogP contribution is -2.18. The maximum absolute atomic E-state index is 11.4. The molecule has 2 rings (SSSR count). The molecule has 1 aliphatic carbocycles. The smallest absolute Gasteiger partial charge is 0.254 e. The summed E-state index contributed by atoms with van der Waals surface area (Å²) in [4.78, 5) is 15.3. The molecular formula is C10H11ClN2O2. The van der Waals surface area contributed by atoms with Crippen molar-refractivity contribution in [2.24, 2.45) is 0 Å². The second-order valence-electron chi connectivity index (χ2n) is 3.41. The van der Waals surface area contributed by atoms with Crippen molar-refractivity contribution < 1.29 is 9.53 Å². The fraction of sp³-hybridized carbons (Fsp3) is 0.400. The Bertz CT molecular complexity index is 391. The highest BCUT2D eigenvalue weighted by Crippen LogP contribution is 2.28. The normalized spacial score (nSPS) is 14.8. The van der Waals surface area contributed by atoms with Crippen molar-refractivity contribution in [2.45, 2.75) is 18.9 Å². The van der Waals surface area contributed by atoms with Gasteiger partial charge in [-0.25, -0.2) is 4.98 Å². The number of nitrogens with zero attached hydrogens (tertiary/aromatic N) is 1. The maximum atomic E-state index is 11.4. The minimum absolute atomic E-state index is 0.192. The second-order valence-corrected chi connectivity index (χ2v) is 3.76. The van der Waals surface area contributed by atoms with Crippen LogP contribution in [0.15, 0.2) is 12.3 Å². The molecule has 1 N–H and O–H groups in total. The monoisotopic (exact) mass is 226 g/mol. The number of halogens is 1. The summed E-state index contributed by atoms with van der Waals surface area (Å²) in [5.74, 6) is 0.342. The fourth-order valence-corrected chi connectivity index (χ4v) is 1.35. The SMILES string of the molecule is CNC(=O)c1cc(OC2CC2)cnc1Cl. The van der Waals surface area contributed by atoms with Crippen molar-refractivity contribution in [3.8, 4) is 5.75 Å². The number of ether oxygens (including phenoxy) is 1. The molecule has 1 heterocycles. The van der Waals surface area contributed by atoms with Crippen molar-refractivity contribution in [3.63, 3.8) is 0 Å². The molecule has 5 heteroatoms. The Kier molecular flexibility index (Phi) is 2.77.